The van der Waals surface area contributed by atoms with Crippen molar-refractivity contribution in [1.82, 2.24) is 5.32 Å². The van der Waals surface area contributed by atoms with Gasteiger partial charge in [-0.3, -0.25) is 0 Å². The number of benzene rings is 1. The molecular formula is C13H20ClNS. The van der Waals surface area contributed by atoms with Gasteiger partial charge in [0.15, 0.2) is 0 Å². The summed E-state index contributed by atoms with van der Waals surface area (Å²) < 4.78 is 0. The van der Waals surface area contributed by atoms with Crippen molar-refractivity contribution in [3.63, 3.8) is 0 Å². The number of thioether (sulfide) groups is 1. The van der Waals surface area contributed by atoms with E-state index in [1.807, 2.05) is 30.0 Å². The number of hydrogen-bond donors (Lipinski definition) is 1. The molecule has 16 heavy (non-hydrogen) atoms. The predicted octanol–water partition coefficient (Wildman–Crippen LogP) is 4.21. The Morgan fingerprint density at radius 3 is 2.75 bits per heavy atom. The van der Waals surface area contributed by atoms with Gasteiger partial charge in [0, 0.05) is 17.2 Å². The van der Waals surface area contributed by atoms with Crippen molar-refractivity contribution in [1.29, 1.82) is 0 Å². The van der Waals surface area contributed by atoms with Gasteiger partial charge < -0.3 is 5.32 Å². The molecule has 0 aliphatic rings. The lowest BCUT2D eigenvalue weighted by Crippen LogP contribution is -2.18. The highest BCUT2D eigenvalue weighted by molar-refractivity contribution is 7.99. The molecule has 90 valence electrons. The van der Waals surface area contributed by atoms with Crippen LogP contribution in [0.1, 0.15) is 26.2 Å². The summed E-state index contributed by atoms with van der Waals surface area (Å²) >= 11 is 7.88. The second-order valence-corrected chi connectivity index (χ2v) is 5.28. The molecular weight excluding hydrogens is 238 g/mol. The van der Waals surface area contributed by atoms with E-state index in [4.69, 9.17) is 11.6 Å². The highest BCUT2D eigenvalue weighted by atomic mass is 35.5. The molecule has 0 aromatic heterocycles. The van der Waals surface area contributed by atoms with E-state index >= 15 is 0 Å². The van der Waals surface area contributed by atoms with Crippen molar-refractivity contribution in [2.45, 2.75) is 31.1 Å². The quantitative estimate of drug-likeness (QED) is 0.553. The Morgan fingerprint density at radius 1 is 1.19 bits per heavy atom. The van der Waals surface area contributed by atoms with Crippen LogP contribution in [-0.2, 0) is 0 Å². The van der Waals surface area contributed by atoms with Crippen LogP contribution in [0.2, 0.25) is 5.02 Å². The third kappa shape index (κ3) is 5.78. The van der Waals surface area contributed by atoms with Crippen molar-refractivity contribution in [2.24, 2.45) is 0 Å². The van der Waals surface area contributed by atoms with E-state index in [1.165, 1.54) is 24.2 Å². The van der Waals surface area contributed by atoms with Crippen LogP contribution in [0.25, 0.3) is 0 Å². The highest BCUT2D eigenvalue weighted by Crippen LogP contribution is 2.25. The first-order valence-corrected chi connectivity index (χ1v) is 7.29. The fourth-order valence-electron chi connectivity index (χ4n) is 1.42. The molecule has 0 spiro atoms. The highest BCUT2D eigenvalue weighted by Gasteiger charge is 1.98. The Hall–Kier alpha value is -0.180. The first-order valence-electron chi connectivity index (χ1n) is 5.92. The number of unbranched alkanes of at least 4 members (excludes halogenated alkanes) is 2. The molecule has 0 saturated heterocycles. The minimum absolute atomic E-state index is 0.860. The minimum atomic E-state index is 0.860. The molecule has 0 saturated carbocycles. The summed E-state index contributed by atoms with van der Waals surface area (Å²) in [6.07, 6.45) is 3.90. The SMILES string of the molecule is CCCCCNCCSc1ccccc1Cl. The van der Waals surface area contributed by atoms with Crippen molar-refractivity contribution >= 4 is 23.4 Å². The van der Waals surface area contributed by atoms with Gasteiger partial charge in [0.1, 0.15) is 0 Å². The Kier molecular flexibility index (Phi) is 7.73. The van der Waals surface area contributed by atoms with Crippen LogP contribution in [0.5, 0.6) is 0 Å². The summed E-state index contributed by atoms with van der Waals surface area (Å²) in [5.74, 6) is 1.08. The van der Waals surface area contributed by atoms with E-state index in [0.29, 0.717) is 0 Å². The predicted molar refractivity (Wildman–Crippen MR) is 74.6 cm³/mol. The van der Waals surface area contributed by atoms with Crippen LogP contribution in [0.4, 0.5) is 0 Å². The van der Waals surface area contributed by atoms with Crippen LogP contribution >= 0.6 is 23.4 Å². The number of halogens is 1. The van der Waals surface area contributed by atoms with E-state index in [1.54, 1.807) is 0 Å². The van der Waals surface area contributed by atoms with Crippen molar-refractivity contribution in [3.8, 4) is 0 Å². The third-order valence-corrected chi connectivity index (χ3v) is 3.85. The molecule has 0 heterocycles. The van der Waals surface area contributed by atoms with Crippen LogP contribution in [0.15, 0.2) is 29.2 Å². The smallest absolute Gasteiger partial charge is 0.0541 e. The zero-order valence-electron chi connectivity index (χ0n) is 9.84. The average molecular weight is 258 g/mol. The average Bonchev–Trinajstić information content (AvgIpc) is 2.30. The molecule has 0 radical (unpaired) electrons. The van der Waals surface area contributed by atoms with Crippen LogP contribution in [-0.4, -0.2) is 18.8 Å². The Balaban J connectivity index is 2.05. The van der Waals surface area contributed by atoms with E-state index in [2.05, 4.69) is 18.3 Å². The lowest BCUT2D eigenvalue weighted by molar-refractivity contribution is 0.636. The molecule has 0 amide bonds. The number of rotatable bonds is 8. The van der Waals surface area contributed by atoms with Crippen LogP contribution in [0.3, 0.4) is 0 Å². The number of hydrogen-bond acceptors (Lipinski definition) is 2. The van der Waals surface area contributed by atoms with Crippen molar-refractivity contribution < 1.29 is 0 Å². The van der Waals surface area contributed by atoms with Crippen LogP contribution < -0.4 is 5.32 Å². The molecule has 0 atom stereocenters. The Morgan fingerprint density at radius 2 is 2.00 bits per heavy atom. The molecule has 1 nitrogen and oxygen atoms in total. The fraction of sp³-hybridized carbons (Fsp3) is 0.538. The normalized spacial score (nSPS) is 10.6. The van der Waals surface area contributed by atoms with Gasteiger partial charge in [-0.15, -0.1) is 11.8 Å². The third-order valence-electron chi connectivity index (χ3n) is 2.33. The summed E-state index contributed by atoms with van der Waals surface area (Å²) in [5.41, 5.74) is 0. The van der Waals surface area contributed by atoms with Gasteiger partial charge in [-0.2, -0.15) is 0 Å². The molecule has 1 rings (SSSR count). The maximum atomic E-state index is 6.06. The van der Waals surface area contributed by atoms with E-state index < -0.39 is 0 Å². The van der Waals surface area contributed by atoms with E-state index in [-0.39, 0.29) is 0 Å². The Bertz CT molecular complexity index is 291. The number of nitrogens with one attached hydrogen (secondary N) is 1. The van der Waals surface area contributed by atoms with Crippen LogP contribution in [0, 0.1) is 0 Å². The maximum absolute atomic E-state index is 6.06. The lowest BCUT2D eigenvalue weighted by Gasteiger charge is -2.05. The first kappa shape index (κ1) is 13.9. The van der Waals surface area contributed by atoms with Gasteiger partial charge in [-0.05, 0) is 25.1 Å². The van der Waals surface area contributed by atoms with Gasteiger partial charge >= 0.3 is 0 Å². The zero-order valence-corrected chi connectivity index (χ0v) is 11.4. The topological polar surface area (TPSA) is 12.0 Å². The lowest BCUT2D eigenvalue weighted by atomic mass is 10.2. The summed E-state index contributed by atoms with van der Waals surface area (Å²) in [6, 6.07) is 8.01. The summed E-state index contributed by atoms with van der Waals surface area (Å²) in [6.45, 7) is 4.42. The zero-order chi connectivity index (χ0) is 11.6. The fourth-order valence-corrected chi connectivity index (χ4v) is 2.57. The van der Waals surface area contributed by atoms with Gasteiger partial charge in [0.2, 0.25) is 0 Å². The van der Waals surface area contributed by atoms with Gasteiger partial charge in [0.05, 0.1) is 5.02 Å². The minimum Gasteiger partial charge on any atom is -0.316 e. The van der Waals surface area contributed by atoms with Gasteiger partial charge in [0.25, 0.3) is 0 Å². The molecule has 0 bridgehead atoms. The molecule has 0 unspecified atom stereocenters. The molecule has 3 heteroatoms. The Labute approximate surface area is 108 Å². The maximum Gasteiger partial charge on any atom is 0.0541 e. The molecule has 1 N–H and O–H groups in total. The summed E-state index contributed by atoms with van der Waals surface area (Å²) in [5, 5.41) is 4.31. The van der Waals surface area contributed by atoms with E-state index in [9.17, 15) is 0 Å². The molecule has 0 aliphatic heterocycles. The van der Waals surface area contributed by atoms with Gasteiger partial charge in [-0.25, -0.2) is 0 Å². The second-order valence-electron chi connectivity index (χ2n) is 3.74. The molecule has 0 aliphatic carbocycles. The molecule has 1 aromatic carbocycles. The summed E-state index contributed by atoms with van der Waals surface area (Å²) in [4.78, 5) is 1.18. The summed E-state index contributed by atoms with van der Waals surface area (Å²) in [7, 11) is 0. The molecule has 1 aromatic rings. The largest absolute Gasteiger partial charge is 0.316 e. The standard InChI is InChI=1S/C13H20ClNS/c1-2-3-6-9-15-10-11-16-13-8-5-4-7-12(13)14/h4-5,7-8,15H,2-3,6,9-11H2,1H3. The monoisotopic (exact) mass is 257 g/mol. The van der Waals surface area contributed by atoms with Gasteiger partial charge in [-0.1, -0.05) is 43.5 Å². The van der Waals surface area contributed by atoms with Crippen molar-refractivity contribution in [2.75, 3.05) is 18.8 Å². The second kappa shape index (κ2) is 8.91. The first-order chi connectivity index (χ1) is 7.84. The molecule has 0 fully saturated rings. The van der Waals surface area contributed by atoms with E-state index in [0.717, 1.165) is 23.9 Å². The van der Waals surface area contributed by atoms with Crippen molar-refractivity contribution in [3.05, 3.63) is 29.3 Å².